The van der Waals surface area contributed by atoms with Crippen LogP contribution in [-0.4, -0.2) is 44.3 Å². The second-order valence-electron chi connectivity index (χ2n) is 6.83. The second kappa shape index (κ2) is 7.19. The third-order valence-electron chi connectivity index (χ3n) is 5.06. The first-order chi connectivity index (χ1) is 13.8. The molecule has 0 aliphatic carbocycles. The Hall–Kier alpha value is -3.43. The molecule has 0 radical (unpaired) electrons. The number of benzene rings is 1. The van der Waals surface area contributed by atoms with E-state index in [2.05, 4.69) is 20.3 Å². The summed E-state index contributed by atoms with van der Waals surface area (Å²) in [5, 5.41) is 2.39. The van der Waals surface area contributed by atoms with Gasteiger partial charge in [-0.1, -0.05) is 0 Å². The van der Waals surface area contributed by atoms with Gasteiger partial charge in [-0.3, -0.25) is 9.59 Å². The molecule has 4 rings (SSSR count). The van der Waals surface area contributed by atoms with E-state index in [1.807, 2.05) is 0 Å². The highest BCUT2D eigenvalue weighted by Gasteiger charge is 2.39. The summed E-state index contributed by atoms with van der Waals surface area (Å²) < 4.78 is 39.8. The molecule has 10 heteroatoms. The molecule has 1 fully saturated rings. The molecule has 0 saturated carbocycles. The zero-order valence-electron chi connectivity index (χ0n) is 15.2. The number of rotatable bonds is 3. The second-order valence-corrected chi connectivity index (χ2v) is 6.83. The molecular weight excluding hydrogens is 387 g/mol. The zero-order chi connectivity index (χ0) is 20.7. The van der Waals surface area contributed by atoms with Gasteiger partial charge in [0, 0.05) is 36.6 Å². The minimum absolute atomic E-state index is 0.120. The van der Waals surface area contributed by atoms with Crippen LogP contribution in [0.3, 0.4) is 0 Å². The average Bonchev–Trinajstić information content (AvgIpc) is 3.29. The number of carbonyl (C=O) groups is 2. The van der Waals surface area contributed by atoms with Crippen LogP contribution in [0.2, 0.25) is 0 Å². The van der Waals surface area contributed by atoms with Crippen molar-refractivity contribution in [2.24, 2.45) is 5.92 Å². The quantitative estimate of drug-likeness (QED) is 0.658. The molecule has 2 atom stereocenters. The fourth-order valence-corrected chi connectivity index (χ4v) is 3.52. The number of nitrogens with zero attached hydrogens (tertiary/aromatic N) is 3. The first-order valence-corrected chi connectivity index (χ1v) is 8.92. The minimum Gasteiger partial charge on any atom is -0.332 e. The van der Waals surface area contributed by atoms with E-state index in [1.165, 1.54) is 4.90 Å². The van der Waals surface area contributed by atoms with Gasteiger partial charge in [0.25, 0.3) is 5.91 Å². The van der Waals surface area contributed by atoms with E-state index < -0.39 is 35.3 Å². The van der Waals surface area contributed by atoms with Gasteiger partial charge in [-0.25, -0.2) is 23.1 Å². The molecule has 1 saturated heterocycles. The van der Waals surface area contributed by atoms with E-state index in [1.54, 1.807) is 25.3 Å². The first-order valence-electron chi connectivity index (χ1n) is 8.92. The topological polar surface area (TPSA) is 91.0 Å². The molecule has 1 aliphatic rings. The molecule has 1 aliphatic heterocycles. The first kappa shape index (κ1) is 18.9. The van der Waals surface area contributed by atoms with Crippen LogP contribution in [0.4, 0.5) is 18.9 Å². The number of imidazole rings is 1. The number of amides is 2. The third kappa shape index (κ3) is 3.41. The van der Waals surface area contributed by atoms with Crippen molar-refractivity contribution in [1.29, 1.82) is 0 Å². The van der Waals surface area contributed by atoms with Gasteiger partial charge in [0.2, 0.25) is 5.91 Å². The lowest BCUT2D eigenvalue weighted by atomic mass is 10.0. The number of pyridine rings is 1. The van der Waals surface area contributed by atoms with Crippen LogP contribution < -0.4 is 5.32 Å². The number of carbonyl (C=O) groups excluding carboxylic acids is 2. The Morgan fingerprint density at radius 2 is 1.97 bits per heavy atom. The number of fused-ring (bicyclic) bond motifs is 1. The van der Waals surface area contributed by atoms with Crippen LogP contribution in [0.5, 0.6) is 0 Å². The van der Waals surface area contributed by atoms with Crippen LogP contribution in [0, 0.1) is 23.4 Å². The van der Waals surface area contributed by atoms with E-state index in [0.29, 0.717) is 36.3 Å². The molecule has 7 nitrogen and oxygen atoms in total. The van der Waals surface area contributed by atoms with Gasteiger partial charge in [-0.15, -0.1) is 0 Å². The molecule has 2 N–H and O–H groups in total. The Bertz CT molecular complexity index is 1060. The van der Waals surface area contributed by atoms with Crippen LogP contribution in [0.15, 0.2) is 30.5 Å². The van der Waals surface area contributed by atoms with Crippen molar-refractivity contribution in [3.63, 3.8) is 0 Å². The fourth-order valence-electron chi connectivity index (χ4n) is 3.52. The van der Waals surface area contributed by atoms with E-state index in [0.717, 1.165) is 0 Å². The molecule has 29 heavy (non-hydrogen) atoms. The minimum atomic E-state index is -1.60. The lowest BCUT2D eigenvalue weighted by molar-refractivity contribution is -0.120. The highest BCUT2D eigenvalue weighted by Crippen LogP contribution is 2.28. The zero-order valence-corrected chi connectivity index (χ0v) is 15.2. The van der Waals surface area contributed by atoms with Gasteiger partial charge in [-0.2, -0.15) is 0 Å². The predicted molar refractivity (Wildman–Crippen MR) is 97.4 cm³/mol. The van der Waals surface area contributed by atoms with Crippen LogP contribution in [0.25, 0.3) is 11.2 Å². The Balaban J connectivity index is 1.48. The van der Waals surface area contributed by atoms with Crippen molar-refractivity contribution in [2.75, 3.05) is 11.9 Å². The van der Waals surface area contributed by atoms with E-state index in [4.69, 9.17) is 0 Å². The molecule has 1 aromatic carbocycles. The van der Waals surface area contributed by atoms with Gasteiger partial charge in [0.05, 0.1) is 5.92 Å². The summed E-state index contributed by atoms with van der Waals surface area (Å²) in [6, 6.07) is 4.37. The van der Waals surface area contributed by atoms with Crippen molar-refractivity contribution in [3.8, 4) is 0 Å². The number of H-pyrrole nitrogens is 1. The highest BCUT2D eigenvalue weighted by atomic mass is 19.2. The Morgan fingerprint density at radius 1 is 1.24 bits per heavy atom. The van der Waals surface area contributed by atoms with Crippen molar-refractivity contribution < 1.29 is 22.8 Å². The average molecular weight is 403 g/mol. The Kier molecular flexibility index (Phi) is 4.69. The summed E-state index contributed by atoms with van der Waals surface area (Å²) in [5.74, 6) is -5.75. The highest BCUT2D eigenvalue weighted by molar-refractivity contribution is 5.96. The SMILES string of the molecule is C[C@H]1[C@@H](C(=O)Nc2cc(F)c(F)c(F)c2)CCN1C(=O)c1nc2cccnc2[nH]1. The largest absolute Gasteiger partial charge is 0.332 e. The number of aromatic nitrogens is 3. The number of halogens is 3. The van der Waals surface area contributed by atoms with Crippen LogP contribution in [-0.2, 0) is 4.79 Å². The molecule has 150 valence electrons. The van der Waals surface area contributed by atoms with Crippen molar-refractivity contribution in [1.82, 2.24) is 19.9 Å². The smallest absolute Gasteiger partial charge is 0.289 e. The molecule has 0 bridgehead atoms. The monoisotopic (exact) mass is 403 g/mol. The maximum absolute atomic E-state index is 13.4. The number of aromatic amines is 1. The molecule has 2 aromatic heterocycles. The summed E-state index contributed by atoms with van der Waals surface area (Å²) in [6.07, 6.45) is 1.94. The van der Waals surface area contributed by atoms with E-state index >= 15 is 0 Å². The van der Waals surface area contributed by atoms with Gasteiger partial charge in [-0.05, 0) is 25.5 Å². The summed E-state index contributed by atoms with van der Waals surface area (Å²) in [5.41, 5.74) is 0.849. The molecule has 0 unspecified atom stereocenters. The van der Waals surface area contributed by atoms with Crippen molar-refractivity contribution in [3.05, 3.63) is 53.7 Å². The van der Waals surface area contributed by atoms with Crippen LogP contribution >= 0.6 is 0 Å². The fraction of sp³-hybridized carbons (Fsp3) is 0.263. The molecule has 3 aromatic rings. The Morgan fingerprint density at radius 3 is 2.66 bits per heavy atom. The lowest BCUT2D eigenvalue weighted by Gasteiger charge is -2.23. The number of nitrogens with one attached hydrogen (secondary N) is 2. The third-order valence-corrected chi connectivity index (χ3v) is 5.06. The summed E-state index contributed by atoms with van der Waals surface area (Å²) in [7, 11) is 0. The van der Waals surface area contributed by atoms with E-state index in [-0.39, 0.29) is 17.4 Å². The maximum Gasteiger partial charge on any atom is 0.289 e. The number of anilines is 1. The van der Waals surface area contributed by atoms with Gasteiger partial charge < -0.3 is 15.2 Å². The predicted octanol–water partition coefficient (Wildman–Crippen LogP) is 2.86. The molecule has 3 heterocycles. The number of hydrogen-bond donors (Lipinski definition) is 2. The molecule has 2 amide bonds. The van der Waals surface area contributed by atoms with Crippen molar-refractivity contribution >= 4 is 28.7 Å². The summed E-state index contributed by atoms with van der Waals surface area (Å²) in [6.45, 7) is 2.02. The molecular formula is C19H16F3N5O2. The molecule has 0 spiro atoms. The number of hydrogen-bond acceptors (Lipinski definition) is 4. The Labute approximate surface area is 162 Å². The van der Waals surface area contributed by atoms with E-state index in [9.17, 15) is 22.8 Å². The van der Waals surface area contributed by atoms with Crippen molar-refractivity contribution in [2.45, 2.75) is 19.4 Å². The standard InChI is InChI=1S/C19H16F3N5O2/c1-9-11(18(28)24-10-7-12(20)15(22)13(21)8-10)4-6-27(9)19(29)17-25-14-3-2-5-23-16(14)26-17/h2-3,5,7-9,11H,4,6H2,1H3,(H,24,28)(H,23,25,26)/t9-,11-/m0/s1. The number of likely N-dealkylation sites (tertiary alicyclic amines) is 1. The summed E-state index contributed by atoms with van der Waals surface area (Å²) in [4.78, 5) is 38.1. The van der Waals surface area contributed by atoms with Gasteiger partial charge >= 0.3 is 0 Å². The van der Waals surface area contributed by atoms with Gasteiger partial charge in [0.1, 0.15) is 5.52 Å². The normalized spacial score (nSPS) is 19.0. The van der Waals surface area contributed by atoms with Gasteiger partial charge in [0.15, 0.2) is 28.9 Å². The lowest BCUT2D eigenvalue weighted by Crippen LogP contribution is -2.39. The van der Waals surface area contributed by atoms with Crippen LogP contribution in [0.1, 0.15) is 24.0 Å². The summed E-state index contributed by atoms with van der Waals surface area (Å²) >= 11 is 0. The maximum atomic E-state index is 13.4.